The lowest BCUT2D eigenvalue weighted by Gasteiger charge is -2.25. The van der Waals surface area contributed by atoms with E-state index in [-0.39, 0.29) is 24.5 Å². The molecule has 0 saturated carbocycles. The number of esters is 1. The fourth-order valence-corrected chi connectivity index (χ4v) is 4.17. The number of amides is 1. The zero-order valence-electron chi connectivity index (χ0n) is 14.7. The molecule has 1 fully saturated rings. The van der Waals surface area contributed by atoms with Gasteiger partial charge in [-0.25, -0.2) is 4.79 Å². The van der Waals surface area contributed by atoms with Crippen LogP contribution in [0.15, 0.2) is 47.1 Å². The molecule has 26 heavy (non-hydrogen) atoms. The number of aryl methyl sites for hydroxylation is 1. The summed E-state index contributed by atoms with van der Waals surface area (Å²) in [5.74, 6) is 1.25. The molecule has 0 N–H and O–H groups in total. The number of hydrogen-bond donors (Lipinski definition) is 0. The van der Waals surface area contributed by atoms with Crippen molar-refractivity contribution in [3.63, 3.8) is 0 Å². The lowest BCUT2D eigenvalue weighted by Crippen LogP contribution is -2.43. The number of thioether (sulfide) groups is 1. The summed E-state index contributed by atoms with van der Waals surface area (Å²) in [4.78, 5) is 26.0. The van der Waals surface area contributed by atoms with Gasteiger partial charge in [0.15, 0.2) is 0 Å². The van der Waals surface area contributed by atoms with Gasteiger partial charge in [-0.1, -0.05) is 17.7 Å². The van der Waals surface area contributed by atoms with Crippen LogP contribution in [0.3, 0.4) is 0 Å². The average Bonchev–Trinajstić information content (AvgIpc) is 3.29. The van der Waals surface area contributed by atoms with Crippen LogP contribution in [0.5, 0.6) is 5.75 Å². The summed E-state index contributed by atoms with van der Waals surface area (Å²) < 4.78 is 16.3. The van der Waals surface area contributed by atoms with E-state index in [1.165, 1.54) is 23.6 Å². The standard InChI is InChI=1S/C19H21NO5S/c1-13-5-7-15(8-6-13)23-10-11-25-19(22)16-12-26-18(20(16)14(2)21)17-4-3-9-24-17/h3-9,16,18H,10-12H2,1-2H3/t16-,18-/m0/s1. The number of furan rings is 1. The van der Waals surface area contributed by atoms with Crippen molar-refractivity contribution in [2.75, 3.05) is 19.0 Å². The average molecular weight is 375 g/mol. The topological polar surface area (TPSA) is 69.0 Å². The van der Waals surface area contributed by atoms with Gasteiger partial charge in [-0.05, 0) is 31.2 Å². The van der Waals surface area contributed by atoms with Gasteiger partial charge in [-0.3, -0.25) is 4.79 Å². The van der Waals surface area contributed by atoms with Gasteiger partial charge in [0.2, 0.25) is 5.91 Å². The van der Waals surface area contributed by atoms with Gasteiger partial charge in [-0.15, -0.1) is 11.8 Å². The van der Waals surface area contributed by atoms with Crippen LogP contribution in [0.4, 0.5) is 0 Å². The molecule has 1 amide bonds. The zero-order chi connectivity index (χ0) is 18.5. The summed E-state index contributed by atoms with van der Waals surface area (Å²) in [6, 6.07) is 10.6. The molecule has 2 heterocycles. The third-order valence-electron chi connectivity index (χ3n) is 4.04. The molecule has 1 aromatic carbocycles. The predicted molar refractivity (Wildman–Crippen MR) is 97.8 cm³/mol. The van der Waals surface area contributed by atoms with E-state index in [9.17, 15) is 9.59 Å². The maximum absolute atomic E-state index is 12.4. The monoisotopic (exact) mass is 375 g/mol. The van der Waals surface area contributed by atoms with Crippen LogP contribution in [0.2, 0.25) is 0 Å². The number of ether oxygens (including phenoxy) is 2. The van der Waals surface area contributed by atoms with Gasteiger partial charge in [0.05, 0.1) is 6.26 Å². The molecule has 6 nitrogen and oxygen atoms in total. The number of carbonyl (C=O) groups excluding carboxylic acids is 2. The summed E-state index contributed by atoms with van der Waals surface area (Å²) in [6.45, 7) is 3.84. The first-order chi connectivity index (χ1) is 12.6. The van der Waals surface area contributed by atoms with E-state index in [4.69, 9.17) is 13.9 Å². The molecule has 0 unspecified atom stereocenters. The van der Waals surface area contributed by atoms with E-state index in [0.717, 1.165) is 11.3 Å². The third-order valence-corrected chi connectivity index (χ3v) is 5.32. The van der Waals surface area contributed by atoms with Crippen LogP contribution in [-0.2, 0) is 14.3 Å². The van der Waals surface area contributed by atoms with E-state index in [2.05, 4.69) is 0 Å². The molecule has 2 atom stereocenters. The van der Waals surface area contributed by atoms with Gasteiger partial charge in [0.1, 0.15) is 36.1 Å². The quantitative estimate of drug-likeness (QED) is 0.571. The normalized spacial score (nSPS) is 19.4. The second-order valence-electron chi connectivity index (χ2n) is 5.97. The second kappa shape index (κ2) is 8.31. The minimum absolute atomic E-state index is 0.130. The van der Waals surface area contributed by atoms with E-state index >= 15 is 0 Å². The Kier molecular flexibility index (Phi) is 5.88. The van der Waals surface area contributed by atoms with Crippen molar-refractivity contribution < 1.29 is 23.5 Å². The largest absolute Gasteiger partial charge is 0.490 e. The third kappa shape index (κ3) is 4.22. The maximum atomic E-state index is 12.4. The molecule has 0 radical (unpaired) electrons. The number of rotatable bonds is 6. The number of benzene rings is 1. The summed E-state index contributed by atoms with van der Waals surface area (Å²) in [6.07, 6.45) is 1.56. The SMILES string of the molecule is CC(=O)N1[C@H](C(=O)OCCOc2ccc(C)cc2)CS[C@H]1c1ccco1. The Labute approximate surface area is 156 Å². The Balaban J connectivity index is 1.52. The lowest BCUT2D eigenvalue weighted by atomic mass is 10.2. The Bertz CT molecular complexity index is 744. The fourth-order valence-electron chi connectivity index (χ4n) is 2.76. The minimum atomic E-state index is -0.619. The van der Waals surface area contributed by atoms with Crippen LogP contribution >= 0.6 is 11.8 Å². The van der Waals surface area contributed by atoms with Crippen molar-refractivity contribution in [2.24, 2.45) is 0 Å². The Hall–Kier alpha value is -2.41. The van der Waals surface area contributed by atoms with Crippen LogP contribution < -0.4 is 4.74 Å². The van der Waals surface area contributed by atoms with Crippen LogP contribution in [0, 0.1) is 6.92 Å². The summed E-state index contributed by atoms with van der Waals surface area (Å²) in [5.41, 5.74) is 1.15. The molecule has 0 bridgehead atoms. The highest BCUT2D eigenvalue weighted by Crippen LogP contribution is 2.41. The predicted octanol–water partition coefficient (Wildman–Crippen LogP) is 3.17. The lowest BCUT2D eigenvalue weighted by molar-refractivity contribution is -0.154. The number of hydrogen-bond acceptors (Lipinski definition) is 6. The Morgan fingerprint density at radius 1 is 1.23 bits per heavy atom. The smallest absolute Gasteiger partial charge is 0.329 e. The molecule has 1 aromatic heterocycles. The van der Waals surface area contributed by atoms with Crippen LogP contribution in [0.1, 0.15) is 23.6 Å². The van der Waals surface area contributed by atoms with E-state index in [0.29, 0.717) is 11.5 Å². The molecular formula is C19H21NO5S. The highest BCUT2D eigenvalue weighted by Gasteiger charge is 2.43. The second-order valence-corrected chi connectivity index (χ2v) is 7.09. The van der Waals surface area contributed by atoms with Crippen molar-refractivity contribution in [2.45, 2.75) is 25.3 Å². The van der Waals surface area contributed by atoms with E-state index in [1.807, 2.05) is 31.2 Å². The molecule has 2 aromatic rings. The first-order valence-electron chi connectivity index (χ1n) is 8.36. The first kappa shape index (κ1) is 18.4. The van der Waals surface area contributed by atoms with Gasteiger partial charge in [0, 0.05) is 12.7 Å². The van der Waals surface area contributed by atoms with E-state index < -0.39 is 12.0 Å². The highest BCUT2D eigenvalue weighted by molar-refractivity contribution is 7.99. The van der Waals surface area contributed by atoms with Crippen molar-refractivity contribution in [3.8, 4) is 5.75 Å². The molecule has 7 heteroatoms. The molecule has 3 rings (SSSR count). The minimum Gasteiger partial charge on any atom is -0.490 e. The van der Waals surface area contributed by atoms with Crippen molar-refractivity contribution in [3.05, 3.63) is 54.0 Å². The Morgan fingerprint density at radius 3 is 2.65 bits per heavy atom. The molecule has 0 spiro atoms. The Morgan fingerprint density at radius 2 is 2.00 bits per heavy atom. The molecule has 0 aliphatic carbocycles. The number of nitrogens with zero attached hydrogens (tertiary/aromatic N) is 1. The molecular weight excluding hydrogens is 354 g/mol. The molecule has 138 valence electrons. The summed E-state index contributed by atoms with van der Waals surface area (Å²) in [7, 11) is 0. The van der Waals surface area contributed by atoms with E-state index in [1.54, 1.807) is 18.4 Å². The zero-order valence-corrected chi connectivity index (χ0v) is 15.5. The van der Waals surface area contributed by atoms with Gasteiger partial charge in [0.25, 0.3) is 0 Å². The molecule has 1 saturated heterocycles. The van der Waals surface area contributed by atoms with Crippen molar-refractivity contribution in [1.82, 2.24) is 4.90 Å². The highest BCUT2D eigenvalue weighted by atomic mass is 32.2. The summed E-state index contributed by atoms with van der Waals surface area (Å²) >= 11 is 1.49. The van der Waals surface area contributed by atoms with Gasteiger partial charge >= 0.3 is 5.97 Å². The van der Waals surface area contributed by atoms with Crippen LogP contribution in [0.25, 0.3) is 0 Å². The first-order valence-corrected chi connectivity index (χ1v) is 9.41. The maximum Gasteiger partial charge on any atom is 0.329 e. The van der Waals surface area contributed by atoms with Gasteiger partial charge < -0.3 is 18.8 Å². The summed E-state index contributed by atoms with van der Waals surface area (Å²) in [5, 5.41) is -0.302. The fraction of sp³-hybridized carbons (Fsp3) is 0.368. The van der Waals surface area contributed by atoms with Crippen LogP contribution in [-0.4, -0.2) is 41.8 Å². The van der Waals surface area contributed by atoms with Gasteiger partial charge in [-0.2, -0.15) is 0 Å². The van der Waals surface area contributed by atoms with Crippen molar-refractivity contribution >= 4 is 23.6 Å². The number of carbonyl (C=O) groups is 2. The molecule has 1 aliphatic rings. The van der Waals surface area contributed by atoms with Crippen molar-refractivity contribution in [1.29, 1.82) is 0 Å². The molecule has 1 aliphatic heterocycles.